The Morgan fingerprint density at radius 2 is 2.00 bits per heavy atom. The average Bonchev–Trinajstić information content (AvgIpc) is 2.60. The number of carbonyl (C=O) groups excluding carboxylic acids is 2. The minimum absolute atomic E-state index is 0.114. The Labute approximate surface area is 140 Å². The molecule has 1 heterocycles. The first-order valence-electron chi connectivity index (χ1n) is 7.96. The smallest absolute Gasteiger partial charge is 0.274 e. The summed E-state index contributed by atoms with van der Waals surface area (Å²) in [6.07, 6.45) is 1.11. The van der Waals surface area contributed by atoms with E-state index in [0.717, 1.165) is 22.3 Å². The number of hydrogen-bond acceptors (Lipinski definition) is 3. The van der Waals surface area contributed by atoms with E-state index in [1.807, 2.05) is 42.2 Å². The van der Waals surface area contributed by atoms with Crippen molar-refractivity contribution in [3.63, 3.8) is 0 Å². The molecule has 0 radical (unpaired) electrons. The van der Waals surface area contributed by atoms with Gasteiger partial charge >= 0.3 is 0 Å². The molecule has 124 valence electrons. The van der Waals surface area contributed by atoms with Gasteiger partial charge in [0, 0.05) is 18.7 Å². The molecule has 2 amide bonds. The molecule has 0 unspecified atom stereocenters. The molecule has 0 spiro atoms. The van der Waals surface area contributed by atoms with Crippen molar-refractivity contribution < 1.29 is 14.8 Å². The lowest BCUT2D eigenvalue weighted by Gasteiger charge is -2.29. The van der Waals surface area contributed by atoms with Gasteiger partial charge in [-0.25, -0.2) is 5.48 Å². The number of aryl methyl sites for hydroxylation is 1. The van der Waals surface area contributed by atoms with Crippen LogP contribution in [0.25, 0.3) is 0 Å². The van der Waals surface area contributed by atoms with Gasteiger partial charge < -0.3 is 4.90 Å². The first-order chi connectivity index (χ1) is 11.6. The molecule has 0 saturated heterocycles. The molecule has 0 aliphatic carbocycles. The van der Waals surface area contributed by atoms with E-state index < -0.39 is 5.91 Å². The summed E-state index contributed by atoms with van der Waals surface area (Å²) >= 11 is 0. The van der Waals surface area contributed by atoms with E-state index in [1.165, 1.54) is 0 Å². The van der Waals surface area contributed by atoms with Crippen LogP contribution in [0.5, 0.6) is 0 Å². The van der Waals surface area contributed by atoms with Gasteiger partial charge in [-0.1, -0.05) is 35.9 Å². The highest BCUT2D eigenvalue weighted by atomic mass is 16.5. The highest BCUT2D eigenvalue weighted by Gasteiger charge is 2.21. The van der Waals surface area contributed by atoms with Gasteiger partial charge in [-0.3, -0.25) is 14.8 Å². The third-order valence-corrected chi connectivity index (χ3v) is 4.37. The Hall–Kier alpha value is -2.66. The third kappa shape index (κ3) is 3.46. The zero-order chi connectivity index (χ0) is 17.1. The van der Waals surface area contributed by atoms with Crippen LogP contribution in [-0.2, 0) is 24.2 Å². The number of hydrogen-bond donors (Lipinski definition) is 2. The Morgan fingerprint density at radius 3 is 2.75 bits per heavy atom. The predicted octanol–water partition coefficient (Wildman–Crippen LogP) is 2.24. The highest BCUT2D eigenvalue weighted by Crippen LogP contribution is 2.21. The Balaban J connectivity index is 1.70. The molecule has 5 nitrogen and oxygen atoms in total. The van der Waals surface area contributed by atoms with Crippen LogP contribution in [-0.4, -0.2) is 28.5 Å². The first kappa shape index (κ1) is 16.2. The van der Waals surface area contributed by atoms with Crippen LogP contribution in [0, 0.1) is 6.92 Å². The topological polar surface area (TPSA) is 69.6 Å². The summed E-state index contributed by atoms with van der Waals surface area (Å²) < 4.78 is 0. The zero-order valence-electron chi connectivity index (χ0n) is 13.6. The molecule has 1 aliphatic rings. The SMILES string of the molecule is Cc1cccc(CC(=O)N2CCc3cc(C(=O)NO)ccc3C2)c1. The van der Waals surface area contributed by atoms with E-state index in [0.29, 0.717) is 31.5 Å². The number of nitrogens with zero attached hydrogens (tertiary/aromatic N) is 1. The van der Waals surface area contributed by atoms with Crippen LogP contribution in [0.1, 0.15) is 32.6 Å². The maximum Gasteiger partial charge on any atom is 0.274 e. The van der Waals surface area contributed by atoms with Crippen molar-refractivity contribution in [1.29, 1.82) is 0 Å². The summed E-state index contributed by atoms with van der Waals surface area (Å²) in [5.41, 5.74) is 6.35. The maximum atomic E-state index is 12.5. The van der Waals surface area contributed by atoms with E-state index >= 15 is 0 Å². The molecule has 0 atom stereocenters. The molecule has 2 N–H and O–H groups in total. The summed E-state index contributed by atoms with van der Waals surface area (Å²) in [6, 6.07) is 13.3. The molecule has 0 fully saturated rings. The number of fused-ring (bicyclic) bond motifs is 1. The van der Waals surface area contributed by atoms with E-state index in [4.69, 9.17) is 5.21 Å². The van der Waals surface area contributed by atoms with Gasteiger partial charge in [-0.2, -0.15) is 0 Å². The fourth-order valence-electron chi connectivity index (χ4n) is 3.08. The summed E-state index contributed by atoms with van der Waals surface area (Å²) in [4.78, 5) is 25.9. The van der Waals surface area contributed by atoms with Gasteiger partial charge in [0.1, 0.15) is 0 Å². The number of hydroxylamine groups is 1. The van der Waals surface area contributed by atoms with Crippen LogP contribution in [0.4, 0.5) is 0 Å². The highest BCUT2D eigenvalue weighted by molar-refractivity contribution is 5.93. The van der Waals surface area contributed by atoms with Crippen molar-refractivity contribution in [1.82, 2.24) is 10.4 Å². The molecule has 2 aromatic rings. The fraction of sp³-hybridized carbons (Fsp3) is 0.263. The molecule has 1 aliphatic heterocycles. The molecule has 5 heteroatoms. The van der Waals surface area contributed by atoms with Crippen molar-refractivity contribution >= 4 is 11.8 Å². The number of nitrogens with one attached hydrogen (secondary N) is 1. The molecule has 0 saturated carbocycles. The third-order valence-electron chi connectivity index (χ3n) is 4.37. The predicted molar refractivity (Wildman–Crippen MR) is 89.7 cm³/mol. The van der Waals surface area contributed by atoms with Crippen molar-refractivity contribution in [2.24, 2.45) is 0 Å². The van der Waals surface area contributed by atoms with E-state index in [2.05, 4.69) is 0 Å². The van der Waals surface area contributed by atoms with Gasteiger partial charge in [0.25, 0.3) is 5.91 Å². The molecular formula is C19H20N2O3. The van der Waals surface area contributed by atoms with Crippen LogP contribution in [0.3, 0.4) is 0 Å². The number of benzene rings is 2. The van der Waals surface area contributed by atoms with Crippen LogP contribution in [0.2, 0.25) is 0 Å². The normalized spacial score (nSPS) is 13.3. The first-order valence-corrected chi connectivity index (χ1v) is 7.96. The van der Waals surface area contributed by atoms with Gasteiger partial charge in [0.05, 0.1) is 6.42 Å². The lowest BCUT2D eigenvalue weighted by atomic mass is 9.96. The molecule has 0 bridgehead atoms. The Morgan fingerprint density at radius 1 is 1.17 bits per heavy atom. The molecule has 24 heavy (non-hydrogen) atoms. The number of carbonyl (C=O) groups is 2. The second-order valence-corrected chi connectivity index (χ2v) is 6.16. The standard InChI is InChI=1S/C19H20N2O3/c1-13-3-2-4-14(9-13)10-18(22)21-8-7-15-11-16(19(23)20-24)5-6-17(15)12-21/h2-6,9,11,24H,7-8,10,12H2,1H3,(H,20,23). The monoisotopic (exact) mass is 324 g/mol. The summed E-state index contributed by atoms with van der Waals surface area (Å²) in [7, 11) is 0. The van der Waals surface area contributed by atoms with Crippen molar-refractivity contribution in [3.05, 3.63) is 70.3 Å². The minimum Gasteiger partial charge on any atom is -0.338 e. The minimum atomic E-state index is -0.518. The summed E-state index contributed by atoms with van der Waals surface area (Å²) in [6.45, 7) is 3.22. The van der Waals surface area contributed by atoms with Crippen molar-refractivity contribution in [3.8, 4) is 0 Å². The van der Waals surface area contributed by atoms with Crippen molar-refractivity contribution in [2.75, 3.05) is 6.54 Å². The second kappa shape index (κ2) is 6.84. The molecule has 0 aromatic heterocycles. The van der Waals surface area contributed by atoms with Crippen LogP contribution in [0.15, 0.2) is 42.5 Å². The Kier molecular flexibility index (Phi) is 4.62. The van der Waals surface area contributed by atoms with Crippen LogP contribution < -0.4 is 5.48 Å². The Bertz CT molecular complexity index is 786. The van der Waals surface area contributed by atoms with Crippen LogP contribution >= 0.6 is 0 Å². The quantitative estimate of drug-likeness (QED) is 0.672. The molecule has 2 aromatic carbocycles. The number of amides is 2. The summed E-state index contributed by atoms with van der Waals surface area (Å²) in [5, 5.41) is 8.71. The number of rotatable bonds is 3. The van der Waals surface area contributed by atoms with Gasteiger partial charge in [-0.05, 0) is 42.2 Å². The van der Waals surface area contributed by atoms with Gasteiger partial charge in [0.15, 0.2) is 0 Å². The zero-order valence-corrected chi connectivity index (χ0v) is 13.6. The lowest BCUT2D eigenvalue weighted by Crippen LogP contribution is -2.37. The van der Waals surface area contributed by atoms with E-state index in [1.54, 1.807) is 17.6 Å². The average molecular weight is 324 g/mol. The summed E-state index contributed by atoms with van der Waals surface area (Å²) in [5.74, 6) is -0.404. The van der Waals surface area contributed by atoms with Crippen molar-refractivity contribution in [2.45, 2.75) is 26.3 Å². The molecule has 3 rings (SSSR count). The fourth-order valence-corrected chi connectivity index (χ4v) is 3.08. The maximum absolute atomic E-state index is 12.5. The largest absolute Gasteiger partial charge is 0.338 e. The molecular weight excluding hydrogens is 304 g/mol. The second-order valence-electron chi connectivity index (χ2n) is 6.16. The lowest BCUT2D eigenvalue weighted by molar-refractivity contribution is -0.131. The van der Waals surface area contributed by atoms with Gasteiger partial charge in [0.2, 0.25) is 5.91 Å². The van der Waals surface area contributed by atoms with Gasteiger partial charge in [-0.15, -0.1) is 0 Å². The van der Waals surface area contributed by atoms with E-state index in [-0.39, 0.29) is 5.91 Å². The van der Waals surface area contributed by atoms with E-state index in [9.17, 15) is 9.59 Å².